The van der Waals surface area contributed by atoms with Gasteiger partial charge in [-0.2, -0.15) is 0 Å². The smallest absolute Gasteiger partial charge is 0.0648 e. The summed E-state index contributed by atoms with van der Waals surface area (Å²) in [5, 5.41) is 3.50. The van der Waals surface area contributed by atoms with E-state index < -0.39 is 0 Å². The molecule has 2 atom stereocenters. The van der Waals surface area contributed by atoms with Crippen molar-refractivity contribution in [2.75, 3.05) is 32.8 Å². The van der Waals surface area contributed by atoms with Crippen LogP contribution in [0, 0.1) is 5.92 Å². The van der Waals surface area contributed by atoms with Crippen LogP contribution in [0.15, 0.2) is 0 Å². The number of nitrogens with one attached hydrogen (secondary N) is 1. The normalized spacial score (nSPS) is 38.8. The minimum absolute atomic E-state index is 0.289. The van der Waals surface area contributed by atoms with Crippen molar-refractivity contribution >= 4 is 0 Å². The standard InChI is InChI=1S/C12H24N2O/c1-10(2)11-8-13-5-6-14(11)12(3)4-7-15-9-12/h10-11,13H,4-9H2,1-3H3. The van der Waals surface area contributed by atoms with Crippen LogP contribution in [0.1, 0.15) is 27.2 Å². The van der Waals surface area contributed by atoms with E-state index in [2.05, 4.69) is 31.0 Å². The molecular weight excluding hydrogens is 188 g/mol. The van der Waals surface area contributed by atoms with Crippen molar-refractivity contribution in [3.8, 4) is 0 Å². The van der Waals surface area contributed by atoms with E-state index in [0.29, 0.717) is 6.04 Å². The van der Waals surface area contributed by atoms with Crippen LogP contribution in [0.5, 0.6) is 0 Å². The first-order valence-electron chi connectivity index (χ1n) is 6.19. The molecule has 2 rings (SSSR count). The summed E-state index contributed by atoms with van der Waals surface area (Å²) in [6.45, 7) is 12.3. The Morgan fingerprint density at radius 2 is 2.27 bits per heavy atom. The number of nitrogens with zero attached hydrogens (tertiary/aromatic N) is 1. The summed E-state index contributed by atoms with van der Waals surface area (Å²) in [4.78, 5) is 2.68. The molecule has 15 heavy (non-hydrogen) atoms. The molecule has 0 saturated carbocycles. The monoisotopic (exact) mass is 212 g/mol. The number of hydrogen-bond acceptors (Lipinski definition) is 3. The maximum absolute atomic E-state index is 5.58. The van der Waals surface area contributed by atoms with Gasteiger partial charge in [0.1, 0.15) is 0 Å². The van der Waals surface area contributed by atoms with Crippen LogP contribution in [0.4, 0.5) is 0 Å². The van der Waals surface area contributed by atoms with Crippen molar-refractivity contribution in [3.63, 3.8) is 0 Å². The SMILES string of the molecule is CC(C)C1CNCCN1C1(C)CCOC1. The van der Waals surface area contributed by atoms with Gasteiger partial charge in [0.2, 0.25) is 0 Å². The molecule has 3 nitrogen and oxygen atoms in total. The van der Waals surface area contributed by atoms with Gasteiger partial charge >= 0.3 is 0 Å². The summed E-state index contributed by atoms with van der Waals surface area (Å²) in [6, 6.07) is 0.672. The molecule has 2 heterocycles. The van der Waals surface area contributed by atoms with Gasteiger partial charge in [0.25, 0.3) is 0 Å². The zero-order valence-corrected chi connectivity index (χ0v) is 10.3. The van der Waals surface area contributed by atoms with Crippen LogP contribution in [0.2, 0.25) is 0 Å². The van der Waals surface area contributed by atoms with Crippen LogP contribution in [-0.4, -0.2) is 49.3 Å². The van der Waals surface area contributed by atoms with Crippen molar-refractivity contribution in [2.24, 2.45) is 5.92 Å². The Bertz CT molecular complexity index is 212. The summed E-state index contributed by atoms with van der Waals surface area (Å²) in [6.07, 6.45) is 1.19. The molecule has 1 N–H and O–H groups in total. The van der Waals surface area contributed by atoms with E-state index in [4.69, 9.17) is 4.74 Å². The van der Waals surface area contributed by atoms with Gasteiger partial charge < -0.3 is 10.1 Å². The van der Waals surface area contributed by atoms with Gasteiger partial charge in [-0.15, -0.1) is 0 Å². The second-order valence-electron chi connectivity index (χ2n) is 5.51. The van der Waals surface area contributed by atoms with Gasteiger partial charge in [0, 0.05) is 37.8 Å². The van der Waals surface area contributed by atoms with Crippen molar-refractivity contribution in [2.45, 2.75) is 38.8 Å². The Morgan fingerprint density at radius 1 is 1.47 bits per heavy atom. The Morgan fingerprint density at radius 3 is 2.87 bits per heavy atom. The summed E-state index contributed by atoms with van der Waals surface area (Å²) in [5.74, 6) is 0.718. The predicted octanol–water partition coefficient (Wildman–Crippen LogP) is 1.10. The van der Waals surface area contributed by atoms with E-state index in [1.165, 1.54) is 13.0 Å². The van der Waals surface area contributed by atoms with Crippen molar-refractivity contribution in [1.29, 1.82) is 0 Å². The average Bonchev–Trinajstić information content (AvgIpc) is 2.66. The van der Waals surface area contributed by atoms with Crippen LogP contribution in [0.25, 0.3) is 0 Å². The highest BCUT2D eigenvalue weighted by molar-refractivity contribution is 4.96. The van der Waals surface area contributed by atoms with E-state index in [1.807, 2.05) is 0 Å². The van der Waals surface area contributed by atoms with Crippen LogP contribution in [-0.2, 0) is 4.74 Å². The van der Waals surface area contributed by atoms with Crippen molar-refractivity contribution < 1.29 is 4.74 Å². The van der Waals surface area contributed by atoms with Gasteiger partial charge in [0.05, 0.1) is 6.61 Å². The minimum Gasteiger partial charge on any atom is -0.379 e. The molecule has 0 spiro atoms. The van der Waals surface area contributed by atoms with Gasteiger partial charge in [-0.05, 0) is 19.3 Å². The second kappa shape index (κ2) is 4.40. The fourth-order valence-corrected chi connectivity index (χ4v) is 2.87. The van der Waals surface area contributed by atoms with Crippen LogP contribution < -0.4 is 5.32 Å². The van der Waals surface area contributed by atoms with E-state index in [0.717, 1.165) is 32.2 Å². The van der Waals surface area contributed by atoms with Crippen molar-refractivity contribution in [3.05, 3.63) is 0 Å². The molecular formula is C12H24N2O. The summed E-state index contributed by atoms with van der Waals surface area (Å²) in [5.41, 5.74) is 0.289. The molecule has 0 radical (unpaired) electrons. The predicted molar refractivity (Wildman–Crippen MR) is 62.0 cm³/mol. The van der Waals surface area contributed by atoms with Gasteiger partial charge in [-0.25, -0.2) is 0 Å². The molecule has 3 heteroatoms. The third kappa shape index (κ3) is 2.19. The number of rotatable bonds is 2. The number of ether oxygens (including phenoxy) is 1. The van der Waals surface area contributed by atoms with Gasteiger partial charge in [-0.3, -0.25) is 4.90 Å². The molecule has 2 saturated heterocycles. The first kappa shape index (κ1) is 11.4. The lowest BCUT2D eigenvalue weighted by atomic mass is 9.91. The van der Waals surface area contributed by atoms with Gasteiger partial charge in [-0.1, -0.05) is 13.8 Å². The maximum Gasteiger partial charge on any atom is 0.0648 e. The average molecular weight is 212 g/mol. The lowest BCUT2D eigenvalue weighted by Crippen LogP contribution is -2.62. The molecule has 0 aliphatic carbocycles. The van der Waals surface area contributed by atoms with E-state index in [9.17, 15) is 0 Å². The molecule has 2 unspecified atom stereocenters. The Balaban J connectivity index is 2.09. The van der Waals surface area contributed by atoms with E-state index in [1.54, 1.807) is 0 Å². The zero-order chi connectivity index (χ0) is 10.9. The second-order valence-corrected chi connectivity index (χ2v) is 5.51. The molecule has 2 aliphatic rings. The first-order valence-corrected chi connectivity index (χ1v) is 6.19. The quantitative estimate of drug-likeness (QED) is 0.742. The largest absolute Gasteiger partial charge is 0.379 e. The Hall–Kier alpha value is -0.120. The third-order valence-electron chi connectivity index (χ3n) is 3.94. The molecule has 2 fully saturated rings. The highest BCUT2D eigenvalue weighted by Gasteiger charge is 2.41. The number of hydrogen-bond donors (Lipinski definition) is 1. The zero-order valence-electron chi connectivity index (χ0n) is 10.3. The molecule has 88 valence electrons. The van der Waals surface area contributed by atoms with E-state index >= 15 is 0 Å². The molecule has 2 aliphatic heterocycles. The summed E-state index contributed by atoms with van der Waals surface area (Å²) >= 11 is 0. The van der Waals surface area contributed by atoms with E-state index in [-0.39, 0.29) is 5.54 Å². The van der Waals surface area contributed by atoms with Crippen LogP contribution in [0.3, 0.4) is 0 Å². The minimum atomic E-state index is 0.289. The highest BCUT2D eigenvalue weighted by Crippen LogP contribution is 2.30. The maximum atomic E-state index is 5.58. The molecule has 0 amide bonds. The fraction of sp³-hybridized carbons (Fsp3) is 1.00. The fourth-order valence-electron chi connectivity index (χ4n) is 2.87. The highest BCUT2D eigenvalue weighted by atomic mass is 16.5. The molecule has 0 aromatic heterocycles. The number of piperazine rings is 1. The molecule has 0 bridgehead atoms. The lowest BCUT2D eigenvalue weighted by Gasteiger charge is -2.47. The third-order valence-corrected chi connectivity index (χ3v) is 3.94. The molecule has 0 aromatic rings. The Labute approximate surface area is 93.2 Å². The van der Waals surface area contributed by atoms with Crippen molar-refractivity contribution in [1.82, 2.24) is 10.2 Å². The first-order chi connectivity index (χ1) is 7.13. The summed E-state index contributed by atoms with van der Waals surface area (Å²) in [7, 11) is 0. The molecule has 0 aromatic carbocycles. The summed E-state index contributed by atoms with van der Waals surface area (Å²) < 4.78 is 5.58. The topological polar surface area (TPSA) is 24.5 Å². The lowest BCUT2D eigenvalue weighted by molar-refractivity contribution is 0.00936. The Kier molecular flexibility index (Phi) is 3.33. The van der Waals surface area contributed by atoms with Gasteiger partial charge in [0.15, 0.2) is 0 Å². The van der Waals surface area contributed by atoms with Crippen LogP contribution >= 0.6 is 0 Å².